The first-order valence-electron chi connectivity index (χ1n) is 4.31. The van der Waals surface area contributed by atoms with Crippen LogP contribution in [0.15, 0.2) is 23.1 Å². The molecule has 0 unspecified atom stereocenters. The van der Waals surface area contributed by atoms with E-state index >= 15 is 0 Å². The summed E-state index contributed by atoms with van der Waals surface area (Å²) in [5.74, 6) is 0.749. The van der Waals surface area contributed by atoms with Crippen LogP contribution in [0.3, 0.4) is 0 Å². The number of hydrogen-bond donors (Lipinski definition) is 1. The Bertz CT molecular complexity index is 420. The third kappa shape index (κ3) is 1.55. The van der Waals surface area contributed by atoms with E-state index in [1.165, 1.54) is 0 Å². The fourth-order valence-electron chi connectivity index (χ4n) is 1.45. The highest BCUT2D eigenvalue weighted by Gasteiger charge is 2.15. The number of ether oxygens (including phenoxy) is 1. The van der Waals surface area contributed by atoms with Crippen molar-refractivity contribution < 1.29 is 13.2 Å². The lowest BCUT2D eigenvalue weighted by atomic mass is 10.2. The molecule has 2 rings (SSSR count). The Hall–Kier alpha value is -1.23. The van der Waals surface area contributed by atoms with Crippen LogP contribution < -0.4 is 9.64 Å². The minimum absolute atomic E-state index is 0.330. The van der Waals surface area contributed by atoms with Crippen molar-refractivity contribution >= 4 is 16.4 Å². The van der Waals surface area contributed by atoms with Gasteiger partial charge in [-0.25, -0.2) is 8.42 Å². The first kappa shape index (κ1) is 9.33. The van der Waals surface area contributed by atoms with Crippen molar-refractivity contribution in [1.82, 2.24) is 0 Å². The van der Waals surface area contributed by atoms with Crippen LogP contribution in [0.1, 0.15) is 0 Å². The normalized spacial score (nSPS) is 15.1. The summed E-state index contributed by atoms with van der Waals surface area (Å²) in [4.78, 5) is 2.32. The van der Waals surface area contributed by atoms with Gasteiger partial charge in [0.1, 0.15) is 12.4 Å². The Morgan fingerprint density at radius 1 is 1.43 bits per heavy atom. The van der Waals surface area contributed by atoms with Crippen LogP contribution in [-0.4, -0.2) is 28.6 Å². The average Bonchev–Trinajstić information content (AvgIpc) is 2.18. The van der Waals surface area contributed by atoms with Crippen LogP contribution in [-0.2, 0) is 10.7 Å². The SMILES string of the molecule is CN1CCOc2ccc([SH](=O)=O)cc21. The summed E-state index contributed by atoms with van der Waals surface area (Å²) >= 11 is 0. The number of rotatable bonds is 1. The smallest absolute Gasteiger partial charge is 0.168 e. The number of fused-ring (bicyclic) bond motifs is 1. The summed E-state index contributed by atoms with van der Waals surface area (Å²) < 4.78 is 26.9. The predicted molar refractivity (Wildman–Crippen MR) is 53.8 cm³/mol. The molecule has 5 heteroatoms. The van der Waals surface area contributed by atoms with Crippen LogP contribution in [0.5, 0.6) is 5.75 Å². The van der Waals surface area contributed by atoms with Gasteiger partial charge < -0.3 is 9.64 Å². The Kier molecular flexibility index (Phi) is 2.33. The Balaban J connectivity index is 2.51. The van der Waals surface area contributed by atoms with Gasteiger partial charge >= 0.3 is 0 Å². The molecule has 0 aliphatic carbocycles. The van der Waals surface area contributed by atoms with Crippen molar-refractivity contribution in [3.63, 3.8) is 0 Å². The van der Waals surface area contributed by atoms with Gasteiger partial charge in [-0.3, -0.25) is 0 Å². The molecule has 0 saturated carbocycles. The van der Waals surface area contributed by atoms with E-state index in [4.69, 9.17) is 4.74 Å². The van der Waals surface area contributed by atoms with Crippen LogP contribution in [0.25, 0.3) is 0 Å². The van der Waals surface area contributed by atoms with Gasteiger partial charge in [-0.2, -0.15) is 0 Å². The molecular formula is C9H11NO3S. The zero-order valence-electron chi connectivity index (χ0n) is 7.77. The van der Waals surface area contributed by atoms with Gasteiger partial charge in [0.05, 0.1) is 17.1 Å². The van der Waals surface area contributed by atoms with Gasteiger partial charge in [0.25, 0.3) is 0 Å². The third-order valence-electron chi connectivity index (χ3n) is 2.25. The van der Waals surface area contributed by atoms with Crippen molar-refractivity contribution in [2.75, 3.05) is 25.1 Å². The number of likely N-dealkylation sites (N-methyl/N-ethyl adjacent to an activating group) is 1. The largest absolute Gasteiger partial charge is 0.490 e. The molecule has 0 N–H and O–H groups in total. The summed E-state index contributed by atoms with van der Waals surface area (Å²) in [5.41, 5.74) is 0.841. The highest BCUT2D eigenvalue weighted by molar-refractivity contribution is 7.72. The second kappa shape index (κ2) is 3.49. The first-order valence-corrected chi connectivity index (χ1v) is 5.48. The first-order chi connectivity index (χ1) is 6.68. The molecule has 0 saturated heterocycles. The monoisotopic (exact) mass is 213 g/mol. The van der Waals surface area contributed by atoms with E-state index in [-0.39, 0.29) is 0 Å². The molecule has 0 spiro atoms. The van der Waals surface area contributed by atoms with Gasteiger partial charge in [0.2, 0.25) is 0 Å². The van der Waals surface area contributed by atoms with Gasteiger partial charge in [0, 0.05) is 7.05 Å². The number of thiol groups is 1. The number of nitrogens with zero attached hydrogens (tertiary/aromatic N) is 1. The van der Waals surface area contributed by atoms with Gasteiger partial charge in [-0.1, -0.05) is 0 Å². The maximum absolute atomic E-state index is 10.8. The Morgan fingerprint density at radius 2 is 2.21 bits per heavy atom. The standard InChI is InChI=1S/C9H11NO3S/c1-10-4-5-13-9-3-2-7(14(11)12)6-8(9)10/h2-3,6,14H,4-5H2,1H3. The molecule has 1 aliphatic rings. The average molecular weight is 213 g/mol. The molecule has 1 aromatic rings. The molecule has 0 amide bonds. The molecule has 14 heavy (non-hydrogen) atoms. The molecular weight excluding hydrogens is 202 g/mol. The van der Waals surface area contributed by atoms with Crippen molar-refractivity contribution in [2.45, 2.75) is 4.90 Å². The molecule has 1 aromatic carbocycles. The minimum atomic E-state index is -2.51. The summed E-state index contributed by atoms with van der Waals surface area (Å²) in [7, 11) is -0.592. The fraction of sp³-hybridized carbons (Fsp3) is 0.333. The van der Waals surface area contributed by atoms with Crippen molar-refractivity contribution in [1.29, 1.82) is 0 Å². The summed E-state index contributed by atoms with van der Waals surface area (Å²) in [6.45, 7) is 1.43. The molecule has 0 fully saturated rings. The number of anilines is 1. The summed E-state index contributed by atoms with van der Waals surface area (Å²) in [6.07, 6.45) is 0. The maximum atomic E-state index is 10.8. The number of hydrogen-bond acceptors (Lipinski definition) is 4. The molecule has 0 bridgehead atoms. The van der Waals surface area contributed by atoms with Crippen molar-refractivity contribution in [2.24, 2.45) is 0 Å². The lowest BCUT2D eigenvalue weighted by molar-refractivity contribution is 0.311. The zero-order valence-corrected chi connectivity index (χ0v) is 8.66. The van der Waals surface area contributed by atoms with Crippen LogP contribution >= 0.6 is 0 Å². The van der Waals surface area contributed by atoms with E-state index in [2.05, 4.69) is 0 Å². The zero-order chi connectivity index (χ0) is 10.1. The number of benzene rings is 1. The molecule has 1 heterocycles. The van der Waals surface area contributed by atoms with E-state index in [1.807, 2.05) is 11.9 Å². The molecule has 0 atom stereocenters. The second-order valence-corrected chi connectivity index (χ2v) is 4.21. The highest BCUT2D eigenvalue weighted by Crippen LogP contribution is 2.31. The highest BCUT2D eigenvalue weighted by atomic mass is 32.2. The predicted octanol–water partition coefficient (Wildman–Crippen LogP) is 0.485. The van der Waals surface area contributed by atoms with Crippen LogP contribution in [0.4, 0.5) is 5.69 Å². The van der Waals surface area contributed by atoms with E-state index in [1.54, 1.807) is 18.2 Å². The van der Waals surface area contributed by atoms with Gasteiger partial charge in [0.15, 0.2) is 10.7 Å². The Morgan fingerprint density at radius 3 is 2.93 bits per heavy atom. The van der Waals surface area contributed by atoms with Crippen LogP contribution in [0, 0.1) is 0 Å². The lowest BCUT2D eigenvalue weighted by Crippen LogP contribution is -2.28. The van der Waals surface area contributed by atoms with E-state index < -0.39 is 10.7 Å². The Labute approximate surface area is 84.1 Å². The second-order valence-electron chi connectivity index (χ2n) is 3.18. The van der Waals surface area contributed by atoms with E-state index in [0.29, 0.717) is 11.5 Å². The molecule has 4 nitrogen and oxygen atoms in total. The van der Waals surface area contributed by atoms with Gasteiger partial charge in [-0.15, -0.1) is 0 Å². The van der Waals surface area contributed by atoms with Crippen LogP contribution in [0.2, 0.25) is 0 Å². The minimum Gasteiger partial charge on any atom is -0.490 e. The quantitative estimate of drug-likeness (QED) is 0.689. The van der Waals surface area contributed by atoms with Crippen molar-refractivity contribution in [3.8, 4) is 5.75 Å². The molecule has 0 radical (unpaired) electrons. The molecule has 0 aromatic heterocycles. The van der Waals surface area contributed by atoms with Crippen molar-refractivity contribution in [3.05, 3.63) is 18.2 Å². The van der Waals surface area contributed by atoms with Gasteiger partial charge in [-0.05, 0) is 18.2 Å². The topological polar surface area (TPSA) is 46.6 Å². The fourth-order valence-corrected chi connectivity index (χ4v) is 1.88. The van der Waals surface area contributed by atoms with E-state index in [9.17, 15) is 8.42 Å². The van der Waals surface area contributed by atoms with E-state index in [0.717, 1.165) is 18.0 Å². The maximum Gasteiger partial charge on any atom is 0.168 e. The third-order valence-corrected chi connectivity index (χ3v) is 2.95. The lowest BCUT2D eigenvalue weighted by Gasteiger charge is -2.27. The summed E-state index contributed by atoms with van der Waals surface area (Å²) in [5, 5.41) is 0. The summed E-state index contributed by atoms with van der Waals surface area (Å²) in [6, 6.07) is 4.90. The molecule has 76 valence electrons. The molecule has 1 aliphatic heterocycles.